The first-order chi connectivity index (χ1) is 13.1. The Morgan fingerprint density at radius 2 is 1.93 bits per heavy atom. The van der Waals surface area contributed by atoms with Crippen molar-refractivity contribution in [2.24, 2.45) is 5.92 Å². The average Bonchev–Trinajstić information content (AvgIpc) is 3.04. The second-order valence-corrected chi connectivity index (χ2v) is 7.03. The molecule has 1 unspecified atom stereocenters. The van der Waals surface area contributed by atoms with Crippen molar-refractivity contribution >= 4 is 28.4 Å². The number of likely N-dealkylation sites (tertiary alicyclic amines) is 1. The molecule has 0 saturated carbocycles. The number of nitrogens with zero attached hydrogens (tertiary/aromatic N) is 2. The lowest BCUT2D eigenvalue weighted by Gasteiger charge is -2.17. The van der Waals surface area contributed by atoms with E-state index in [0.717, 1.165) is 16.5 Å². The van der Waals surface area contributed by atoms with Crippen molar-refractivity contribution in [3.05, 3.63) is 71.9 Å². The molecule has 1 fully saturated rings. The number of hydrogen-bond donors (Lipinski definition) is 1. The lowest BCUT2D eigenvalue weighted by Crippen LogP contribution is -2.28. The van der Waals surface area contributed by atoms with Crippen LogP contribution >= 0.6 is 0 Å². The Morgan fingerprint density at radius 1 is 1.15 bits per heavy atom. The van der Waals surface area contributed by atoms with Crippen LogP contribution in [0.25, 0.3) is 10.9 Å². The normalized spacial score (nSPS) is 16.7. The van der Waals surface area contributed by atoms with Crippen molar-refractivity contribution in [1.82, 2.24) is 9.88 Å². The summed E-state index contributed by atoms with van der Waals surface area (Å²) in [6.07, 6.45) is 1.95. The number of amides is 2. The molecule has 1 aliphatic heterocycles. The van der Waals surface area contributed by atoms with Gasteiger partial charge in [-0.25, -0.2) is 0 Å². The van der Waals surface area contributed by atoms with Gasteiger partial charge in [-0.1, -0.05) is 48.0 Å². The first kappa shape index (κ1) is 17.2. The van der Waals surface area contributed by atoms with Gasteiger partial charge in [0.25, 0.3) is 0 Å². The zero-order chi connectivity index (χ0) is 18.8. The lowest BCUT2D eigenvalue weighted by atomic mass is 10.1. The van der Waals surface area contributed by atoms with Crippen molar-refractivity contribution < 1.29 is 9.59 Å². The van der Waals surface area contributed by atoms with Gasteiger partial charge in [-0.2, -0.15) is 0 Å². The lowest BCUT2D eigenvalue weighted by molar-refractivity contribution is -0.128. The molecule has 0 aliphatic carbocycles. The Hall–Kier alpha value is -3.21. The number of aryl methyl sites for hydroxylation is 1. The standard InChI is InChI=1S/C22H21N3O2/c1-15-7-9-16(10-8-15)13-25-14-18(12-20(25)26)22(27)24-19-6-2-4-17-5-3-11-23-21(17)19/h2-11,18H,12-14H2,1H3,(H,24,27). The van der Waals surface area contributed by atoms with Gasteiger partial charge in [-0.3, -0.25) is 14.6 Å². The quantitative estimate of drug-likeness (QED) is 0.775. The molecule has 2 heterocycles. The number of aromatic nitrogens is 1. The molecule has 5 nitrogen and oxygen atoms in total. The summed E-state index contributed by atoms with van der Waals surface area (Å²) in [5.41, 5.74) is 3.71. The van der Waals surface area contributed by atoms with E-state index in [-0.39, 0.29) is 24.2 Å². The number of pyridine rings is 1. The van der Waals surface area contributed by atoms with Gasteiger partial charge in [0.1, 0.15) is 0 Å². The Bertz CT molecular complexity index is 993. The highest BCUT2D eigenvalue weighted by Crippen LogP contribution is 2.25. The number of hydrogen-bond acceptors (Lipinski definition) is 3. The molecule has 1 aliphatic rings. The molecule has 1 N–H and O–H groups in total. The van der Waals surface area contributed by atoms with E-state index in [2.05, 4.69) is 10.3 Å². The third-order valence-corrected chi connectivity index (χ3v) is 4.97. The molecule has 4 rings (SSSR count). The highest BCUT2D eigenvalue weighted by Gasteiger charge is 2.34. The van der Waals surface area contributed by atoms with Crippen LogP contribution in [0, 0.1) is 12.8 Å². The Balaban J connectivity index is 1.45. The van der Waals surface area contributed by atoms with Gasteiger partial charge in [-0.05, 0) is 24.6 Å². The third-order valence-electron chi connectivity index (χ3n) is 4.97. The zero-order valence-electron chi connectivity index (χ0n) is 15.2. The van der Waals surface area contributed by atoms with Crippen molar-refractivity contribution in [1.29, 1.82) is 0 Å². The highest BCUT2D eigenvalue weighted by molar-refractivity contribution is 6.02. The smallest absolute Gasteiger partial charge is 0.229 e. The van der Waals surface area contributed by atoms with Crippen LogP contribution in [-0.4, -0.2) is 28.2 Å². The summed E-state index contributed by atoms with van der Waals surface area (Å²) in [5.74, 6) is -0.457. The molecule has 0 radical (unpaired) electrons. The monoisotopic (exact) mass is 359 g/mol. The molecular weight excluding hydrogens is 338 g/mol. The molecule has 2 amide bonds. The summed E-state index contributed by atoms with van der Waals surface area (Å²) in [4.78, 5) is 31.2. The van der Waals surface area contributed by atoms with Crippen LogP contribution in [0.3, 0.4) is 0 Å². The highest BCUT2D eigenvalue weighted by atomic mass is 16.2. The minimum atomic E-state index is -0.345. The number of fused-ring (bicyclic) bond motifs is 1. The summed E-state index contributed by atoms with van der Waals surface area (Å²) in [7, 11) is 0. The second-order valence-electron chi connectivity index (χ2n) is 7.03. The molecule has 1 atom stereocenters. The fourth-order valence-electron chi connectivity index (χ4n) is 3.45. The predicted molar refractivity (Wildman–Crippen MR) is 105 cm³/mol. The van der Waals surface area contributed by atoms with Gasteiger partial charge < -0.3 is 10.2 Å². The van der Waals surface area contributed by atoms with E-state index >= 15 is 0 Å². The summed E-state index contributed by atoms with van der Waals surface area (Å²) in [6.45, 7) is 3.02. The van der Waals surface area contributed by atoms with E-state index in [1.165, 1.54) is 5.56 Å². The van der Waals surface area contributed by atoms with Crippen LogP contribution in [0.5, 0.6) is 0 Å². The summed E-state index contributed by atoms with van der Waals surface area (Å²) in [6, 6.07) is 17.6. The Morgan fingerprint density at radius 3 is 2.74 bits per heavy atom. The van der Waals surface area contributed by atoms with Crippen LogP contribution in [0.2, 0.25) is 0 Å². The van der Waals surface area contributed by atoms with Crippen LogP contribution in [0.4, 0.5) is 5.69 Å². The summed E-state index contributed by atoms with van der Waals surface area (Å²) >= 11 is 0. The number of carbonyl (C=O) groups excluding carboxylic acids is 2. The molecular formula is C22H21N3O2. The molecule has 136 valence electrons. The van der Waals surface area contributed by atoms with Gasteiger partial charge >= 0.3 is 0 Å². The van der Waals surface area contributed by atoms with Crippen LogP contribution in [-0.2, 0) is 16.1 Å². The SMILES string of the molecule is Cc1ccc(CN2CC(C(=O)Nc3cccc4cccnc34)CC2=O)cc1. The summed E-state index contributed by atoms with van der Waals surface area (Å²) in [5, 5.41) is 3.93. The average molecular weight is 359 g/mol. The number of rotatable bonds is 4. The molecule has 3 aromatic rings. The molecule has 1 aromatic heterocycles. The molecule has 2 aromatic carbocycles. The Kier molecular flexibility index (Phi) is 4.59. The van der Waals surface area contributed by atoms with E-state index in [4.69, 9.17) is 0 Å². The van der Waals surface area contributed by atoms with Gasteiger partial charge in [0.2, 0.25) is 11.8 Å². The third kappa shape index (κ3) is 3.67. The maximum atomic E-state index is 12.7. The van der Waals surface area contributed by atoms with Gasteiger partial charge in [0.15, 0.2) is 0 Å². The molecule has 1 saturated heterocycles. The molecule has 5 heteroatoms. The van der Waals surface area contributed by atoms with E-state index in [0.29, 0.717) is 18.8 Å². The largest absolute Gasteiger partial charge is 0.338 e. The first-order valence-corrected chi connectivity index (χ1v) is 9.08. The number of nitrogens with one attached hydrogen (secondary N) is 1. The predicted octanol–water partition coefficient (Wildman–Crippen LogP) is 3.53. The van der Waals surface area contributed by atoms with Crippen LogP contribution in [0.1, 0.15) is 17.5 Å². The minimum Gasteiger partial charge on any atom is -0.338 e. The topological polar surface area (TPSA) is 62.3 Å². The van der Waals surface area contributed by atoms with Crippen molar-refractivity contribution in [3.8, 4) is 0 Å². The van der Waals surface area contributed by atoms with Crippen molar-refractivity contribution in [2.45, 2.75) is 19.9 Å². The fourth-order valence-corrected chi connectivity index (χ4v) is 3.45. The van der Waals surface area contributed by atoms with E-state index < -0.39 is 0 Å². The summed E-state index contributed by atoms with van der Waals surface area (Å²) < 4.78 is 0. The zero-order valence-corrected chi connectivity index (χ0v) is 15.2. The second kappa shape index (κ2) is 7.19. The maximum Gasteiger partial charge on any atom is 0.229 e. The van der Waals surface area contributed by atoms with E-state index in [9.17, 15) is 9.59 Å². The first-order valence-electron chi connectivity index (χ1n) is 9.08. The van der Waals surface area contributed by atoms with Crippen LogP contribution < -0.4 is 5.32 Å². The number of benzene rings is 2. The molecule has 27 heavy (non-hydrogen) atoms. The molecule has 0 bridgehead atoms. The van der Waals surface area contributed by atoms with Gasteiger partial charge in [-0.15, -0.1) is 0 Å². The van der Waals surface area contributed by atoms with Gasteiger partial charge in [0.05, 0.1) is 17.1 Å². The van der Waals surface area contributed by atoms with Gasteiger partial charge in [0, 0.05) is 31.1 Å². The van der Waals surface area contributed by atoms with Crippen molar-refractivity contribution in [3.63, 3.8) is 0 Å². The fraction of sp³-hybridized carbons (Fsp3) is 0.227. The molecule has 0 spiro atoms. The Labute approximate surface area is 158 Å². The minimum absolute atomic E-state index is 0.0202. The van der Waals surface area contributed by atoms with Crippen LogP contribution in [0.15, 0.2) is 60.8 Å². The number of para-hydroxylation sites is 1. The van der Waals surface area contributed by atoms with E-state index in [1.54, 1.807) is 11.1 Å². The number of anilines is 1. The maximum absolute atomic E-state index is 12.7. The van der Waals surface area contributed by atoms with E-state index in [1.807, 2.05) is 61.5 Å². The number of carbonyl (C=O) groups is 2. The van der Waals surface area contributed by atoms with Crippen molar-refractivity contribution in [2.75, 3.05) is 11.9 Å².